The zero-order valence-electron chi connectivity index (χ0n) is 23.8. The number of aliphatic hydroxyl groups is 3. The monoisotopic (exact) mass is 502 g/mol. The summed E-state index contributed by atoms with van der Waals surface area (Å²) in [6, 6.07) is 0. The van der Waals surface area contributed by atoms with Crippen LogP contribution in [-0.4, -0.2) is 44.7 Å². The van der Waals surface area contributed by atoms with Gasteiger partial charge in [0, 0.05) is 10.8 Å². The Morgan fingerprint density at radius 2 is 1.56 bits per heavy atom. The first-order valence-electron chi connectivity index (χ1n) is 14.4. The second-order valence-electron chi connectivity index (χ2n) is 15.3. The highest BCUT2D eigenvalue weighted by Crippen LogP contribution is 2.78. The first kappa shape index (κ1) is 26.7. The number of carboxylic acids is 1. The van der Waals surface area contributed by atoms with E-state index in [0.29, 0.717) is 31.1 Å². The molecular formula is C31H50O5. The van der Waals surface area contributed by atoms with E-state index in [1.54, 1.807) is 0 Å². The minimum atomic E-state index is -0.879. The Kier molecular flexibility index (Phi) is 5.63. The van der Waals surface area contributed by atoms with Crippen LogP contribution in [0.5, 0.6) is 0 Å². The Morgan fingerprint density at radius 1 is 0.917 bits per heavy atom. The molecule has 0 spiro atoms. The maximum Gasteiger partial charge on any atom is 0.310 e. The molecule has 5 aliphatic rings. The molecule has 4 saturated carbocycles. The van der Waals surface area contributed by atoms with Crippen molar-refractivity contribution >= 4 is 5.97 Å². The number of fused-ring (bicyclic) bond motifs is 7. The van der Waals surface area contributed by atoms with E-state index >= 15 is 0 Å². The standard InChI is InChI=1S/C31H50O5/c1-17-11-12-31(25(35)36)14-13-27(5)19(23(31)18(17)2)9-10-21-28(27,6)16-22(33)30(8)26(3,4)24(34)20(32)15-29(21,30)7/h9,17-18,20-24,32-34H,10-16H2,1-8H3,(H,35,36)/t17-,18+,20-,21+,22-,23+,24+,27-,28-,29-,30+,31+/m1/s1. The second-order valence-corrected chi connectivity index (χ2v) is 15.3. The van der Waals surface area contributed by atoms with Crippen molar-refractivity contribution in [3.8, 4) is 0 Å². The number of carbonyl (C=O) groups is 1. The lowest BCUT2D eigenvalue weighted by atomic mass is 9.29. The van der Waals surface area contributed by atoms with E-state index in [-0.39, 0.29) is 28.1 Å². The average Bonchev–Trinajstić information content (AvgIpc) is 2.79. The zero-order chi connectivity index (χ0) is 26.9. The average molecular weight is 503 g/mol. The molecule has 5 aliphatic carbocycles. The maximum atomic E-state index is 12.9. The molecule has 0 aromatic carbocycles. The molecule has 204 valence electrons. The van der Waals surface area contributed by atoms with E-state index in [2.05, 4.69) is 47.6 Å². The van der Waals surface area contributed by atoms with Crippen molar-refractivity contribution < 1.29 is 25.2 Å². The van der Waals surface area contributed by atoms with Crippen LogP contribution in [0.25, 0.3) is 0 Å². The van der Waals surface area contributed by atoms with Crippen molar-refractivity contribution in [3.05, 3.63) is 11.6 Å². The lowest BCUT2D eigenvalue weighted by Crippen LogP contribution is -2.75. The Bertz CT molecular complexity index is 987. The largest absolute Gasteiger partial charge is 0.481 e. The van der Waals surface area contributed by atoms with Gasteiger partial charge in [-0.15, -0.1) is 0 Å². The summed E-state index contributed by atoms with van der Waals surface area (Å²) >= 11 is 0. The predicted octanol–water partition coefficient (Wildman–Crippen LogP) is 5.42. The molecule has 12 atom stereocenters. The first-order valence-corrected chi connectivity index (χ1v) is 14.4. The Hall–Kier alpha value is -0.910. The molecule has 5 heteroatoms. The summed E-state index contributed by atoms with van der Waals surface area (Å²) in [4.78, 5) is 12.9. The normalized spacial score (nSPS) is 58.0. The van der Waals surface area contributed by atoms with Crippen LogP contribution in [0.15, 0.2) is 11.6 Å². The molecule has 0 unspecified atom stereocenters. The topological polar surface area (TPSA) is 98.0 Å². The number of hydrogen-bond donors (Lipinski definition) is 4. The van der Waals surface area contributed by atoms with Gasteiger partial charge < -0.3 is 20.4 Å². The quantitative estimate of drug-likeness (QED) is 0.359. The number of aliphatic hydroxyl groups excluding tert-OH is 3. The number of allylic oxidation sites excluding steroid dienone is 2. The van der Waals surface area contributed by atoms with Crippen molar-refractivity contribution in [1.82, 2.24) is 0 Å². The third-order valence-electron chi connectivity index (χ3n) is 14.5. The van der Waals surface area contributed by atoms with Gasteiger partial charge in [-0.25, -0.2) is 0 Å². The van der Waals surface area contributed by atoms with Crippen molar-refractivity contribution in [2.45, 2.75) is 119 Å². The fourth-order valence-corrected chi connectivity index (χ4v) is 11.3. The van der Waals surface area contributed by atoms with Crippen molar-refractivity contribution in [1.29, 1.82) is 0 Å². The summed E-state index contributed by atoms with van der Waals surface area (Å²) in [6.45, 7) is 17.7. The molecule has 0 aliphatic heterocycles. The van der Waals surface area contributed by atoms with Gasteiger partial charge >= 0.3 is 5.97 Å². The van der Waals surface area contributed by atoms with Crippen LogP contribution in [0.2, 0.25) is 0 Å². The number of rotatable bonds is 1. The van der Waals surface area contributed by atoms with Gasteiger partial charge in [0.1, 0.15) is 0 Å². The predicted molar refractivity (Wildman–Crippen MR) is 140 cm³/mol. The van der Waals surface area contributed by atoms with E-state index < -0.39 is 40.5 Å². The van der Waals surface area contributed by atoms with E-state index in [4.69, 9.17) is 0 Å². The highest BCUT2D eigenvalue weighted by Gasteiger charge is 2.75. The van der Waals surface area contributed by atoms with Gasteiger partial charge in [0.15, 0.2) is 0 Å². The molecule has 0 bridgehead atoms. The molecule has 36 heavy (non-hydrogen) atoms. The SMILES string of the molecule is C[C@H]1[C@H](C)CC[C@]2(C(=O)O)CC[C@]3(C)C(=CC[C@@H]4[C@@]5(C)C[C@@H](O)[C@H](O)C(C)(C)[C@]5(C)[C@H](O)C[C@]43C)[C@H]12. The van der Waals surface area contributed by atoms with Crippen molar-refractivity contribution in [3.63, 3.8) is 0 Å². The van der Waals surface area contributed by atoms with Gasteiger partial charge in [-0.3, -0.25) is 4.79 Å². The minimum absolute atomic E-state index is 0.0312. The highest BCUT2D eigenvalue weighted by molar-refractivity contribution is 5.76. The number of aliphatic carboxylic acids is 1. The lowest BCUT2D eigenvalue weighted by Gasteiger charge is -2.76. The molecule has 0 saturated heterocycles. The summed E-state index contributed by atoms with van der Waals surface area (Å²) in [5.74, 6) is 0.424. The summed E-state index contributed by atoms with van der Waals surface area (Å²) in [5.41, 5.74) is -1.36. The molecule has 4 fully saturated rings. The van der Waals surface area contributed by atoms with E-state index in [0.717, 1.165) is 25.7 Å². The molecule has 0 aromatic heterocycles. The van der Waals surface area contributed by atoms with Crippen LogP contribution in [-0.2, 0) is 4.79 Å². The first-order chi connectivity index (χ1) is 16.5. The summed E-state index contributed by atoms with van der Waals surface area (Å²) in [6.07, 6.45) is 5.28. The third-order valence-corrected chi connectivity index (χ3v) is 14.5. The van der Waals surface area contributed by atoms with Crippen LogP contribution in [0.1, 0.15) is 100 Å². The van der Waals surface area contributed by atoms with Gasteiger partial charge in [0.25, 0.3) is 0 Å². The lowest BCUT2D eigenvalue weighted by molar-refractivity contribution is -0.309. The molecule has 5 rings (SSSR count). The fraction of sp³-hybridized carbons (Fsp3) is 0.903. The third kappa shape index (κ3) is 2.71. The van der Waals surface area contributed by atoms with Gasteiger partial charge in [0.2, 0.25) is 0 Å². The van der Waals surface area contributed by atoms with Gasteiger partial charge in [-0.05, 0) is 84.9 Å². The number of carboxylic acid groups (broad SMARTS) is 1. The van der Waals surface area contributed by atoms with Crippen LogP contribution in [0.3, 0.4) is 0 Å². The Labute approximate surface area is 217 Å². The fourth-order valence-electron chi connectivity index (χ4n) is 11.3. The van der Waals surface area contributed by atoms with Crippen LogP contribution >= 0.6 is 0 Å². The Morgan fingerprint density at radius 3 is 2.17 bits per heavy atom. The maximum absolute atomic E-state index is 12.9. The van der Waals surface area contributed by atoms with Gasteiger partial charge in [-0.2, -0.15) is 0 Å². The van der Waals surface area contributed by atoms with E-state index in [9.17, 15) is 25.2 Å². The molecule has 5 nitrogen and oxygen atoms in total. The van der Waals surface area contributed by atoms with E-state index in [1.807, 2.05) is 13.8 Å². The van der Waals surface area contributed by atoms with Crippen LogP contribution in [0.4, 0.5) is 0 Å². The molecule has 4 N–H and O–H groups in total. The van der Waals surface area contributed by atoms with Crippen molar-refractivity contribution in [2.75, 3.05) is 0 Å². The van der Waals surface area contributed by atoms with Crippen LogP contribution < -0.4 is 0 Å². The van der Waals surface area contributed by atoms with E-state index in [1.165, 1.54) is 5.57 Å². The van der Waals surface area contributed by atoms with Gasteiger partial charge in [0.05, 0.1) is 23.7 Å². The smallest absolute Gasteiger partial charge is 0.310 e. The molecule has 0 amide bonds. The summed E-state index contributed by atoms with van der Waals surface area (Å²) in [7, 11) is 0. The highest BCUT2D eigenvalue weighted by atomic mass is 16.4. The molecule has 0 aromatic rings. The minimum Gasteiger partial charge on any atom is -0.481 e. The number of hydrogen-bond acceptors (Lipinski definition) is 4. The second kappa shape index (κ2) is 7.60. The molecule has 0 radical (unpaired) electrons. The summed E-state index contributed by atoms with van der Waals surface area (Å²) in [5, 5.41) is 44.8. The zero-order valence-corrected chi connectivity index (χ0v) is 23.8. The van der Waals surface area contributed by atoms with Crippen molar-refractivity contribution in [2.24, 2.45) is 56.2 Å². The van der Waals surface area contributed by atoms with Crippen LogP contribution in [0, 0.1) is 56.2 Å². The molecule has 0 heterocycles. The Balaban J connectivity index is 1.68. The summed E-state index contributed by atoms with van der Waals surface area (Å²) < 4.78 is 0. The van der Waals surface area contributed by atoms with Gasteiger partial charge in [-0.1, -0.05) is 67.0 Å². The molecular weight excluding hydrogens is 452 g/mol.